The molecule has 2 N–H and O–H groups in total. The van der Waals surface area contributed by atoms with Gasteiger partial charge in [-0.25, -0.2) is 0 Å². The Kier molecular flexibility index (Phi) is 8.28. The van der Waals surface area contributed by atoms with Crippen LogP contribution in [0.5, 0.6) is 0 Å². The first-order valence-corrected chi connectivity index (χ1v) is 16.4. The van der Waals surface area contributed by atoms with Crippen molar-refractivity contribution in [2.45, 2.75) is 27.8 Å². The molecule has 1 fully saturated rings. The molecule has 1 aromatic heterocycles. The van der Waals surface area contributed by atoms with E-state index < -0.39 is 23.3 Å². The number of nitrogens with two attached hydrogens (primary N) is 1. The van der Waals surface area contributed by atoms with Gasteiger partial charge in [-0.2, -0.15) is 5.12 Å². The van der Waals surface area contributed by atoms with Gasteiger partial charge in [-0.05, 0) is 61.3 Å². The lowest BCUT2D eigenvalue weighted by Gasteiger charge is -2.38. The minimum absolute atomic E-state index is 0.0401. The van der Waals surface area contributed by atoms with E-state index in [0.717, 1.165) is 19.9 Å². The Morgan fingerprint density at radius 1 is 1.14 bits per heavy atom. The van der Waals surface area contributed by atoms with Crippen LogP contribution < -0.4 is 5.73 Å². The number of hydrogen-bond acceptors (Lipinski definition) is 7. The summed E-state index contributed by atoms with van der Waals surface area (Å²) in [6.45, 7) is 2.32. The summed E-state index contributed by atoms with van der Waals surface area (Å²) in [6.07, 6.45) is -2.30. The third-order valence-electron chi connectivity index (χ3n) is 6.07. The number of primary amides is 1. The molecule has 0 bridgehead atoms. The van der Waals surface area contributed by atoms with E-state index in [1.54, 1.807) is 12.7 Å². The van der Waals surface area contributed by atoms with Crippen LogP contribution in [0.1, 0.15) is 22.5 Å². The van der Waals surface area contributed by atoms with Gasteiger partial charge >= 0.3 is 0 Å². The fourth-order valence-corrected chi connectivity index (χ4v) is 11.0. The van der Waals surface area contributed by atoms with E-state index >= 15 is 0 Å². The predicted molar refractivity (Wildman–Crippen MR) is 143 cm³/mol. The van der Waals surface area contributed by atoms with E-state index in [4.69, 9.17) is 10.5 Å². The number of fused-ring (bicyclic) bond motifs is 1. The molecular weight excluding hydrogens is 526 g/mol. The molecule has 2 heterocycles. The second-order valence-electron chi connectivity index (χ2n) is 8.30. The number of benzene rings is 2. The summed E-state index contributed by atoms with van der Waals surface area (Å²) in [5.41, 5.74) is 5.68. The van der Waals surface area contributed by atoms with E-state index in [2.05, 4.69) is 0 Å². The number of carbonyl (C=O) groups excluding carboxylic acids is 2. The highest BCUT2D eigenvalue weighted by Crippen LogP contribution is 2.70. The van der Waals surface area contributed by atoms with Gasteiger partial charge in [0.05, 0.1) is 11.4 Å². The quantitative estimate of drug-likeness (QED) is 0.197. The Hall–Kier alpha value is -1.84. The second kappa shape index (κ2) is 11.0. The van der Waals surface area contributed by atoms with Gasteiger partial charge < -0.3 is 15.0 Å². The lowest BCUT2D eigenvalue weighted by atomic mass is 9.98. The van der Waals surface area contributed by atoms with Gasteiger partial charge in [-0.15, -0.1) is 23.1 Å². The molecule has 0 spiro atoms. The van der Waals surface area contributed by atoms with Crippen LogP contribution in [0.25, 0.3) is 10.1 Å². The van der Waals surface area contributed by atoms with E-state index in [0.29, 0.717) is 36.7 Å². The van der Waals surface area contributed by atoms with Crippen LogP contribution in [-0.2, 0) is 14.1 Å². The topological polar surface area (TPSA) is 89.7 Å². The maximum Gasteiger partial charge on any atom is 0.291 e. The Morgan fingerprint density at radius 3 is 2.46 bits per heavy atom. The molecular formula is C24H26FN2O4PS3. The third-order valence-corrected chi connectivity index (χ3v) is 13.9. The molecule has 186 valence electrons. The van der Waals surface area contributed by atoms with Gasteiger partial charge in [0, 0.05) is 33.5 Å². The molecule has 4 rings (SSSR count). The molecule has 1 aliphatic heterocycles. The van der Waals surface area contributed by atoms with Crippen LogP contribution in [-0.4, -0.2) is 54.3 Å². The Bertz CT molecular complexity index is 1230. The van der Waals surface area contributed by atoms with Gasteiger partial charge in [0.2, 0.25) is 5.91 Å². The molecule has 1 unspecified atom stereocenters. The van der Waals surface area contributed by atoms with Crippen LogP contribution in [0, 0.1) is 0 Å². The number of carbonyl (C=O) groups is 2. The van der Waals surface area contributed by atoms with Gasteiger partial charge in [-0.1, -0.05) is 34.1 Å². The molecule has 0 radical (unpaired) electrons. The van der Waals surface area contributed by atoms with E-state index in [9.17, 15) is 18.6 Å². The summed E-state index contributed by atoms with van der Waals surface area (Å²) in [4.78, 5) is 26.7. The van der Waals surface area contributed by atoms with Crippen LogP contribution >= 0.6 is 40.8 Å². The Balaban J connectivity index is 1.31. The SMILES string of the molecule is CP(=O)(Sc1ccc(SCCN(F)C(=O)c2cc3ccccc3s2)cc1)C1(C(N)=O)CCOCC1. The third kappa shape index (κ3) is 5.78. The summed E-state index contributed by atoms with van der Waals surface area (Å²) in [7, 11) is 0. The number of thiophene rings is 1. The summed E-state index contributed by atoms with van der Waals surface area (Å²) in [5.74, 6) is -0.780. The molecule has 0 aliphatic carbocycles. The van der Waals surface area contributed by atoms with Crippen molar-refractivity contribution in [3.05, 3.63) is 59.5 Å². The summed E-state index contributed by atoms with van der Waals surface area (Å²) < 4.78 is 34.3. The zero-order chi connectivity index (χ0) is 25.1. The van der Waals surface area contributed by atoms with Gasteiger partial charge in [0.25, 0.3) is 5.91 Å². The second-order valence-corrected chi connectivity index (χ2v) is 16.4. The number of ether oxygens (including phenoxy) is 1. The van der Waals surface area contributed by atoms with Crippen LogP contribution in [0.2, 0.25) is 0 Å². The van der Waals surface area contributed by atoms with Gasteiger partial charge in [0.15, 0.2) is 6.34 Å². The fraction of sp³-hybridized carbons (Fsp3) is 0.333. The number of amides is 2. The largest absolute Gasteiger partial charge is 0.381 e. The first kappa shape index (κ1) is 26.2. The van der Waals surface area contributed by atoms with Gasteiger partial charge in [-0.3, -0.25) is 9.59 Å². The molecule has 6 nitrogen and oxygen atoms in total. The average molecular weight is 553 g/mol. The molecule has 0 saturated carbocycles. The Morgan fingerprint density at radius 2 is 1.80 bits per heavy atom. The number of hydrogen-bond donors (Lipinski definition) is 1. The summed E-state index contributed by atoms with van der Waals surface area (Å²) in [5, 5.41) is 0.123. The van der Waals surface area contributed by atoms with Gasteiger partial charge in [0.1, 0.15) is 5.16 Å². The number of thioether (sulfide) groups is 1. The zero-order valence-electron chi connectivity index (χ0n) is 19.1. The van der Waals surface area contributed by atoms with Crippen LogP contribution in [0.4, 0.5) is 4.48 Å². The highest BCUT2D eigenvalue weighted by molar-refractivity contribution is 8.58. The smallest absolute Gasteiger partial charge is 0.291 e. The molecule has 35 heavy (non-hydrogen) atoms. The van der Waals surface area contributed by atoms with Crippen molar-refractivity contribution >= 4 is 62.7 Å². The van der Waals surface area contributed by atoms with Crippen molar-refractivity contribution in [3.8, 4) is 0 Å². The maximum absolute atomic E-state index is 14.4. The molecule has 3 aromatic rings. The number of rotatable bonds is 9. The van der Waals surface area contributed by atoms with Crippen molar-refractivity contribution in [2.24, 2.45) is 5.73 Å². The summed E-state index contributed by atoms with van der Waals surface area (Å²) in [6, 6.07) is 16.7. The van der Waals surface area contributed by atoms with Crippen LogP contribution in [0.15, 0.2) is 64.4 Å². The van der Waals surface area contributed by atoms with E-state index in [1.807, 2.05) is 48.5 Å². The lowest BCUT2D eigenvalue weighted by molar-refractivity contribution is -0.122. The first-order chi connectivity index (χ1) is 16.7. The fourth-order valence-electron chi connectivity index (χ4n) is 4.00. The molecule has 1 aliphatic rings. The summed E-state index contributed by atoms with van der Waals surface area (Å²) >= 11 is 3.91. The van der Waals surface area contributed by atoms with Crippen LogP contribution in [0.3, 0.4) is 0 Å². The lowest BCUT2D eigenvalue weighted by Crippen LogP contribution is -2.47. The van der Waals surface area contributed by atoms with Crippen molar-refractivity contribution < 1.29 is 23.4 Å². The first-order valence-electron chi connectivity index (χ1n) is 11.1. The maximum atomic E-state index is 14.4. The molecule has 2 aromatic carbocycles. The predicted octanol–water partition coefficient (Wildman–Crippen LogP) is 6.05. The van der Waals surface area contributed by atoms with Crippen molar-refractivity contribution in [3.63, 3.8) is 0 Å². The molecule has 1 atom stereocenters. The zero-order valence-corrected chi connectivity index (χ0v) is 22.5. The van der Waals surface area contributed by atoms with Crippen molar-refractivity contribution in [1.82, 2.24) is 5.12 Å². The number of halogens is 1. The Labute approximate surface area is 215 Å². The van der Waals surface area contributed by atoms with E-state index in [-0.39, 0.29) is 11.7 Å². The molecule has 2 amide bonds. The molecule has 11 heteroatoms. The highest BCUT2D eigenvalue weighted by Gasteiger charge is 2.51. The normalized spacial score (nSPS) is 17.1. The van der Waals surface area contributed by atoms with Crippen molar-refractivity contribution in [2.75, 3.05) is 32.2 Å². The van der Waals surface area contributed by atoms with E-state index in [1.165, 1.54) is 34.5 Å². The number of nitrogens with zero attached hydrogens (tertiary/aromatic N) is 1. The average Bonchev–Trinajstić information content (AvgIpc) is 3.29. The highest BCUT2D eigenvalue weighted by atomic mass is 32.7. The monoisotopic (exact) mass is 552 g/mol. The minimum atomic E-state index is -3.02. The molecule has 1 saturated heterocycles. The standard InChI is InChI=1S/C24H26FN2O4PS3/c1-32(30,24(23(26)29)10-13-31-14-11-24)35-19-8-6-18(7-9-19)33-15-12-27(25)22(28)21-16-17-4-2-3-5-20(17)34-21/h2-9,16H,10-15H2,1H3,(H2,26,29). The van der Waals surface area contributed by atoms with Crippen molar-refractivity contribution in [1.29, 1.82) is 0 Å². The minimum Gasteiger partial charge on any atom is -0.381 e.